The molecular formula is C8H7NO3Se. The van der Waals surface area contributed by atoms with Gasteiger partial charge >= 0.3 is 77.3 Å². The Morgan fingerprint density at radius 2 is 1.85 bits per heavy atom. The summed E-state index contributed by atoms with van der Waals surface area (Å²) in [6, 6.07) is 6.43. The van der Waals surface area contributed by atoms with Gasteiger partial charge in [-0.1, -0.05) is 0 Å². The fourth-order valence-corrected chi connectivity index (χ4v) is 1.58. The summed E-state index contributed by atoms with van der Waals surface area (Å²) >= 11 is -4.80. The van der Waals surface area contributed by atoms with Crippen LogP contribution in [0.5, 0.6) is 5.75 Å². The quantitative estimate of drug-likeness (QED) is 0.734. The molecule has 0 spiro atoms. The minimum atomic E-state index is -4.80. The molecule has 1 aromatic rings. The zero-order chi connectivity index (χ0) is 9.90. The van der Waals surface area contributed by atoms with Crippen LogP contribution in [0.2, 0.25) is 0 Å². The summed E-state index contributed by atoms with van der Waals surface area (Å²) in [5.74, 6) is 0.178. The molecule has 0 aliphatic rings. The second kappa shape index (κ2) is 3.56. The Labute approximate surface area is 77.7 Å². The molecule has 0 aliphatic carbocycles. The summed E-state index contributed by atoms with van der Waals surface area (Å²) in [6.45, 7) is 1.87. The van der Waals surface area contributed by atoms with Gasteiger partial charge in [0.25, 0.3) is 0 Å². The Morgan fingerprint density at radius 3 is 2.31 bits per heavy atom. The van der Waals surface area contributed by atoms with Crippen LogP contribution in [0.15, 0.2) is 24.3 Å². The molecule has 0 amide bonds. The van der Waals surface area contributed by atoms with Crippen LogP contribution < -0.4 is 3.82 Å². The standard InChI is InChI=1S/C8H7NO3Se/c1-7-2-4-8(5-3-7)12-13(10,11)6-9/h2-5H,1H3. The van der Waals surface area contributed by atoms with Crippen molar-refractivity contribution in [3.05, 3.63) is 29.8 Å². The first-order chi connectivity index (χ1) is 6.03. The van der Waals surface area contributed by atoms with Gasteiger partial charge in [0.05, 0.1) is 0 Å². The van der Waals surface area contributed by atoms with Crippen LogP contribution in [0.4, 0.5) is 0 Å². The molecule has 0 unspecified atom stereocenters. The Balaban J connectivity index is 2.90. The summed E-state index contributed by atoms with van der Waals surface area (Å²) in [6.07, 6.45) is 0. The summed E-state index contributed by atoms with van der Waals surface area (Å²) < 4.78 is 26.0. The maximum atomic E-state index is 10.7. The first kappa shape index (κ1) is 9.72. The van der Waals surface area contributed by atoms with Crippen molar-refractivity contribution < 1.29 is 11.5 Å². The van der Waals surface area contributed by atoms with E-state index in [2.05, 4.69) is 3.82 Å². The van der Waals surface area contributed by atoms with Crippen molar-refractivity contribution >= 4 is 13.0 Å². The second-order valence-corrected chi connectivity index (χ2v) is 5.08. The summed E-state index contributed by atoms with van der Waals surface area (Å²) in [5.41, 5.74) is 0.996. The van der Waals surface area contributed by atoms with E-state index >= 15 is 0 Å². The molecule has 5 heteroatoms. The number of rotatable bonds is 2. The van der Waals surface area contributed by atoms with Crippen LogP contribution in [0.25, 0.3) is 0 Å². The topological polar surface area (TPSA) is 67.2 Å². The second-order valence-electron chi connectivity index (χ2n) is 2.44. The van der Waals surface area contributed by atoms with Crippen molar-refractivity contribution in [2.75, 3.05) is 0 Å². The van der Waals surface area contributed by atoms with Crippen LogP contribution in [0.3, 0.4) is 0 Å². The zero-order valence-corrected chi connectivity index (χ0v) is 8.60. The van der Waals surface area contributed by atoms with Crippen LogP contribution in [-0.2, 0) is 7.67 Å². The molecule has 13 heavy (non-hydrogen) atoms. The average Bonchev–Trinajstić information content (AvgIpc) is 2.09. The van der Waals surface area contributed by atoms with Gasteiger partial charge in [0, 0.05) is 0 Å². The number of benzene rings is 1. The average molecular weight is 244 g/mol. The predicted octanol–water partition coefficient (Wildman–Crippen LogP) is 1.24. The Kier molecular flexibility index (Phi) is 2.66. The van der Waals surface area contributed by atoms with E-state index in [4.69, 9.17) is 5.26 Å². The van der Waals surface area contributed by atoms with Crippen LogP contribution >= 0.6 is 0 Å². The number of nitriles is 1. The van der Waals surface area contributed by atoms with E-state index in [9.17, 15) is 7.67 Å². The van der Waals surface area contributed by atoms with Gasteiger partial charge in [-0.2, -0.15) is 0 Å². The maximum absolute atomic E-state index is 10.7. The van der Waals surface area contributed by atoms with Gasteiger partial charge in [0.2, 0.25) is 0 Å². The van der Waals surface area contributed by atoms with Crippen LogP contribution in [0.1, 0.15) is 5.56 Å². The van der Waals surface area contributed by atoms with Gasteiger partial charge in [0.1, 0.15) is 0 Å². The van der Waals surface area contributed by atoms with Gasteiger partial charge in [-0.25, -0.2) is 0 Å². The Bertz CT molecular complexity index is 427. The van der Waals surface area contributed by atoms with E-state index in [0.717, 1.165) is 10.5 Å². The van der Waals surface area contributed by atoms with Crippen molar-refractivity contribution in [2.45, 2.75) is 6.92 Å². The van der Waals surface area contributed by atoms with E-state index < -0.39 is 13.0 Å². The molecule has 0 saturated heterocycles. The summed E-state index contributed by atoms with van der Waals surface area (Å²) in [5, 5.41) is 8.18. The van der Waals surface area contributed by atoms with E-state index in [0.29, 0.717) is 0 Å². The molecule has 0 heterocycles. The molecule has 4 nitrogen and oxygen atoms in total. The van der Waals surface area contributed by atoms with Crippen LogP contribution in [-0.4, -0.2) is 13.0 Å². The van der Waals surface area contributed by atoms with E-state index in [1.807, 2.05) is 6.92 Å². The van der Waals surface area contributed by atoms with Gasteiger partial charge in [-0.3, -0.25) is 0 Å². The van der Waals surface area contributed by atoms with Crippen LogP contribution in [0, 0.1) is 17.2 Å². The third-order valence-corrected chi connectivity index (χ3v) is 2.67. The first-order valence-corrected chi connectivity index (χ1v) is 6.41. The van der Waals surface area contributed by atoms with Gasteiger partial charge < -0.3 is 0 Å². The number of aryl methyl sites for hydroxylation is 1. The van der Waals surface area contributed by atoms with Crippen molar-refractivity contribution in [2.24, 2.45) is 0 Å². The fourth-order valence-electron chi connectivity index (χ4n) is 0.739. The molecule has 0 aliphatic heterocycles. The molecule has 68 valence electrons. The molecule has 0 radical (unpaired) electrons. The summed E-state index contributed by atoms with van der Waals surface area (Å²) in [7, 11) is 0. The number of hydrogen-bond acceptors (Lipinski definition) is 4. The molecule has 0 aromatic heterocycles. The molecule has 0 fully saturated rings. The molecule has 0 bridgehead atoms. The Morgan fingerprint density at radius 1 is 1.31 bits per heavy atom. The monoisotopic (exact) mass is 245 g/mol. The third-order valence-electron chi connectivity index (χ3n) is 1.34. The van der Waals surface area contributed by atoms with E-state index in [1.165, 1.54) is 12.1 Å². The molecule has 0 saturated carbocycles. The van der Waals surface area contributed by atoms with Gasteiger partial charge in [-0.05, 0) is 0 Å². The molecular weight excluding hydrogens is 237 g/mol. The first-order valence-electron chi connectivity index (χ1n) is 3.45. The predicted molar refractivity (Wildman–Crippen MR) is 44.5 cm³/mol. The fraction of sp³-hybridized carbons (Fsp3) is 0.125. The minimum absolute atomic E-state index is 0.178. The normalized spacial score (nSPS) is 10.5. The van der Waals surface area contributed by atoms with Crippen molar-refractivity contribution in [3.8, 4) is 10.7 Å². The van der Waals surface area contributed by atoms with Crippen molar-refractivity contribution in [1.29, 1.82) is 5.26 Å². The van der Waals surface area contributed by atoms with Crippen molar-refractivity contribution in [1.82, 2.24) is 0 Å². The van der Waals surface area contributed by atoms with E-state index in [1.54, 1.807) is 12.1 Å². The number of nitrogens with zero attached hydrogens (tertiary/aromatic N) is 1. The SMILES string of the molecule is Cc1ccc(O[Se](=O)(=O)C#N)cc1. The molecule has 1 rings (SSSR count). The third kappa shape index (κ3) is 2.86. The van der Waals surface area contributed by atoms with Crippen molar-refractivity contribution in [3.63, 3.8) is 0 Å². The molecule has 1 aromatic carbocycles. The summed E-state index contributed by atoms with van der Waals surface area (Å²) in [4.78, 5) is 1.13. The molecule has 0 N–H and O–H groups in total. The zero-order valence-electron chi connectivity index (χ0n) is 6.89. The number of hydrogen-bond donors (Lipinski definition) is 0. The van der Waals surface area contributed by atoms with Gasteiger partial charge in [-0.15, -0.1) is 0 Å². The van der Waals surface area contributed by atoms with Gasteiger partial charge in [0.15, 0.2) is 0 Å². The Hall–Kier alpha value is -1.37. The molecule has 0 atom stereocenters. The van der Waals surface area contributed by atoms with E-state index in [-0.39, 0.29) is 5.75 Å².